The van der Waals surface area contributed by atoms with Gasteiger partial charge in [-0.05, 0) is 68.2 Å². The normalized spacial score (nSPS) is 15.3. The molecule has 9 heteroatoms. The molecule has 0 unspecified atom stereocenters. The van der Waals surface area contributed by atoms with Gasteiger partial charge in [0.2, 0.25) is 15.9 Å². The maximum absolute atomic E-state index is 13.2. The largest absolute Gasteiger partial charge is 0.347 e. The van der Waals surface area contributed by atoms with Crippen molar-refractivity contribution in [1.82, 2.24) is 5.32 Å². The van der Waals surface area contributed by atoms with Crippen molar-refractivity contribution >= 4 is 27.3 Å². The smallest absolute Gasteiger partial charge is 0.271 e. The zero-order chi connectivity index (χ0) is 24.3. The Labute approximate surface area is 195 Å². The third-order valence-electron chi connectivity index (χ3n) is 6.23. The van der Waals surface area contributed by atoms with Crippen LogP contribution in [0, 0.1) is 17.0 Å². The Hall–Kier alpha value is -2.94. The van der Waals surface area contributed by atoms with Gasteiger partial charge in [-0.15, -0.1) is 0 Å². The summed E-state index contributed by atoms with van der Waals surface area (Å²) in [5, 5.41) is 14.2. The highest BCUT2D eigenvalue weighted by Gasteiger charge is 2.32. The third-order valence-corrected chi connectivity index (χ3v) is 7.46. The summed E-state index contributed by atoms with van der Waals surface area (Å²) >= 11 is 0. The maximum atomic E-state index is 13.2. The molecule has 0 heterocycles. The van der Waals surface area contributed by atoms with Crippen molar-refractivity contribution in [1.29, 1.82) is 0 Å². The highest BCUT2D eigenvalue weighted by atomic mass is 32.2. The molecule has 1 aliphatic carbocycles. The number of hydrogen-bond donors (Lipinski definition) is 1. The predicted octanol–water partition coefficient (Wildman–Crippen LogP) is 4.20. The summed E-state index contributed by atoms with van der Waals surface area (Å²) in [6.45, 7) is 5.12. The lowest BCUT2D eigenvalue weighted by Crippen LogP contribution is -2.48. The van der Waals surface area contributed by atoms with Crippen LogP contribution in [0.1, 0.15) is 61.4 Å². The van der Waals surface area contributed by atoms with E-state index in [0.29, 0.717) is 12.0 Å². The van der Waals surface area contributed by atoms with Gasteiger partial charge in [-0.1, -0.05) is 31.2 Å². The van der Waals surface area contributed by atoms with Crippen LogP contribution in [0.3, 0.4) is 0 Å². The number of carbonyl (C=O) groups is 1. The second-order valence-corrected chi connectivity index (χ2v) is 10.5. The Morgan fingerprint density at radius 3 is 2.42 bits per heavy atom. The Balaban J connectivity index is 1.89. The standard InChI is InChI=1S/C24H31N3O5S/c1-5-22(20-12-11-18-8-6-7-9-19(18)14-20)25-24(28)17(3)26(33(4,31)32)23-15-21(27(29)30)13-10-16(23)2/h10-15,17,22H,5-9H2,1-4H3,(H,25,28)/t17-,22+/m0/s1. The first-order valence-corrected chi connectivity index (χ1v) is 13.0. The van der Waals surface area contributed by atoms with Gasteiger partial charge in [-0.2, -0.15) is 0 Å². The number of rotatable bonds is 8. The molecule has 33 heavy (non-hydrogen) atoms. The average molecular weight is 474 g/mol. The summed E-state index contributed by atoms with van der Waals surface area (Å²) in [7, 11) is -3.90. The van der Waals surface area contributed by atoms with E-state index in [4.69, 9.17) is 0 Å². The minimum absolute atomic E-state index is 0.121. The van der Waals surface area contributed by atoms with E-state index in [1.807, 2.05) is 13.0 Å². The number of sulfonamides is 1. The van der Waals surface area contributed by atoms with Gasteiger partial charge in [0.15, 0.2) is 0 Å². The van der Waals surface area contributed by atoms with E-state index in [1.165, 1.54) is 42.7 Å². The van der Waals surface area contributed by atoms with Crippen LogP contribution in [0.5, 0.6) is 0 Å². The molecule has 0 spiro atoms. The predicted molar refractivity (Wildman–Crippen MR) is 129 cm³/mol. The fourth-order valence-corrected chi connectivity index (χ4v) is 5.64. The quantitative estimate of drug-likeness (QED) is 0.456. The zero-order valence-electron chi connectivity index (χ0n) is 19.5. The lowest BCUT2D eigenvalue weighted by atomic mass is 9.88. The fraction of sp³-hybridized carbons (Fsp3) is 0.458. The monoisotopic (exact) mass is 473 g/mol. The van der Waals surface area contributed by atoms with Crippen LogP contribution in [0.2, 0.25) is 0 Å². The molecule has 2 atom stereocenters. The highest BCUT2D eigenvalue weighted by Crippen LogP contribution is 2.30. The number of hydrogen-bond acceptors (Lipinski definition) is 5. The van der Waals surface area contributed by atoms with Crippen LogP contribution in [0.4, 0.5) is 11.4 Å². The van der Waals surface area contributed by atoms with Gasteiger partial charge >= 0.3 is 0 Å². The summed E-state index contributed by atoms with van der Waals surface area (Å²) < 4.78 is 26.3. The number of nitrogens with one attached hydrogen (secondary N) is 1. The van der Waals surface area contributed by atoms with Crippen molar-refractivity contribution < 1.29 is 18.1 Å². The van der Waals surface area contributed by atoms with Gasteiger partial charge < -0.3 is 5.32 Å². The number of carbonyl (C=O) groups excluding carboxylic acids is 1. The lowest BCUT2D eigenvalue weighted by Gasteiger charge is -2.31. The van der Waals surface area contributed by atoms with E-state index in [2.05, 4.69) is 17.4 Å². The number of aryl methyl sites for hydroxylation is 3. The molecular weight excluding hydrogens is 442 g/mol. The summed E-state index contributed by atoms with van der Waals surface area (Å²) in [5.74, 6) is -0.462. The van der Waals surface area contributed by atoms with Gasteiger partial charge in [-0.25, -0.2) is 8.42 Å². The first-order valence-electron chi connectivity index (χ1n) is 11.2. The SMILES string of the molecule is CC[C@@H](NC(=O)[C@H](C)N(c1cc([N+](=O)[O-])ccc1C)S(C)(=O)=O)c1ccc2c(c1)CCCC2. The molecule has 0 bridgehead atoms. The Morgan fingerprint density at radius 2 is 1.82 bits per heavy atom. The molecule has 1 amide bonds. The van der Waals surface area contributed by atoms with Crippen LogP contribution < -0.4 is 9.62 Å². The number of fused-ring (bicyclic) bond motifs is 1. The third kappa shape index (κ3) is 5.52. The molecular formula is C24H31N3O5S. The molecule has 0 radical (unpaired) electrons. The number of non-ortho nitro benzene ring substituents is 1. The molecule has 2 aromatic rings. The molecule has 0 saturated heterocycles. The van der Waals surface area contributed by atoms with Gasteiger partial charge in [0, 0.05) is 12.1 Å². The number of nitrogens with zero attached hydrogens (tertiary/aromatic N) is 2. The van der Waals surface area contributed by atoms with Crippen LogP contribution >= 0.6 is 0 Å². The fourth-order valence-electron chi connectivity index (χ4n) is 4.41. The molecule has 1 N–H and O–H groups in total. The minimum Gasteiger partial charge on any atom is -0.347 e. The molecule has 0 fully saturated rings. The van der Waals surface area contributed by atoms with Crippen molar-refractivity contribution in [2.24, 2.45) is 0 Å². The average Bonchev–Trinajstić information content (AvgIpc) is 2.77. The number of anilines is 1. The summed E-state index contributed by atoms with van der Waals surface area (Å²) in [5.41, 5.74) is 4.06. The van der Waals surface area contributed by atoms with Crippen LogP contribution in [-0.4, -0.2) is 31.5 Å². The second-order valence-electron chi connectivity index (χ2n) is 8.67. The first-order chi connectivity index (χ1) is 15.5. The van der Waals surface area contributed by atoms with E-state index < -0.39 is 26.9 Å². The number of benzene rings is 2. The second kappa shape index (κ2) is 9.91. The lowest BCUT2D eigenvalue weighted by molar-refractivity contribution is -0.384. The highest BCUT2D eigenvalue weighted by molar-refractivity contribution is 7.92. The number of nitro groups is 1. The van der Waals surface area contributed by atoms with E-state index in [1.54, 1.807) is 6.92 Å². The van der Waals surface area contributed by atoms with Crippen molar-refractivity contribution in [3.63, 3.8) is 0 Å². The summed E-state index contributed by atoms with van der Waals surface area (Å²) in [4.78, 5) is 23.9. The van der Waals surface area contributed by atoms with E-state index in [9.17, 15) is 23.3 Å². The molecule has 178 valence electrons. The van der Waals surface area contributed by atoms with Crippen molar-refractivity contribution in [2.45, 2.75) is 65.0 Å². The summed E-state index contributed by atoms with van der Waals surface area (Å²) in [6, 6.07) is 8.94. The van der Waals surface area contributed by atoms with Crippen LogP contribution in [0.15, 0.2) is 36.4 Å². The number of nitro benzene ring substituents is 1. The number of amides is 1. The zero-order valence-corrected chi connectivity index (χ0v) is 20.3. The van der Waals surface area contributed by atoms with Gasteiger partial charge in [0.25, 0.3) is 5.69 Å². The molecule has 0 aromatic heterocycles. The molecule has 3 rings (SSSR count). The minimum atomic E-state index is -3.90. The van der Waals surface area contributed by atoms with Crippen molar-refractivity contribution in [2.75, 3.05) is 10.6 Å². The maximum Gasteiger partial charge on any atom is 0.271 e. The van der Waals surface area contributed by atoms with Crippen molar-refractivity contribution in [3.8, 4) is 0 Å². The Morgan fingerprint density at radius 1 is 1.15 bits per heavy atom. The van der Waals surface area contributed by atoms with Crippen molar-refractivity contribution in [3.05, 3.63) is 68.8 Å². The Kier molecular flexibility index (Phi) is 7.41. The van der Waals surface area contributed by atoms with E-state index in [-0.39, 0.29) is 17.4 Å². The van der Waals surface area contributed by atoms with Crippen LogP contribution in [0.25, 0.3) is 0 Å². The van der Waals surface area contributed by atoms with Gasteiger partial charge in [-0.3, -0.25) is 19.2 Å². The molecule has 0 aliphatic heterocycles. The van der Waals surface area contributed by atoms with Gasteiger partial charge in [0.1, 0.15) is 6.04 Å². The first kappa shape index (κ1) is 24.7. The van der Waals surface area contributed by atoms with Crippen LogP contribution in [-0.2, 0) is 27.7 Å². The van der Waals surface area contributed by atoms with Gasteiger partial charge in [0.05, 0.1) is 22.9 Å². The summed E-state index contributed by atoms with van der Waals surface area (Å²) in [6.07, 6.45) is 6.08. The Bertz CT molecular complexity index is 1160. The molecule has 2 aromatic carbocycles. The molecule has 0 saturated carbocycles. The van der Waals surface area contributed by atoms with E-state index in [0.717, 1.165) is 35.4 Å². The van der Waals surface area contributed by atoms with E-state index >= 15 is 0 Å². The molecule has 8 nitrogen and oxygen atoms in total. The molecule has 1 aliphatic rings. The topological polar surface area (TPSA) is 110 Å².